The Morgan fingerprint density at radius 3 is 2.71 bits per heavy atom. The number of aliphatic carboxylic acids is 1. The molecule has 0 bridgehead atoms. The fourth-order valence-corrected chi connectivity index (χ4v) is 3.75. The number of ketones is 1. The lowest BCUT2D eigenvalue weighted by molar-refractivity contribution is -0.144. The summed E-state index contributed by atoms with van der Waals surface area (Å²) in [6, 6.07) is 7.84. The van der Waals surface area contributed by atoms with E-state index in [1.54, 1.807) is 0 Å². The molecule has 6 heteroatoms. The molecule has 1 heterocycles. The Bertz CT molecular complexity index is 727. The van der Waals surface area contributed by atoms with Gasteiger partial charge in [-0.3, -0.25) is 9.59 Å². The maximum atomic E-state index is 12.2. The molecule has 0 saturated heterocycles. The lowest BCUT2D eigenvalue weighted by Gasteiger charge is -2.13. The highest BCUT2D eigenvalue weighted by Gasteiger charge is 2.22. The summed E-state index contributed by atoms with van der Waals surface area (Å²) in [6.45, 7) is 3.93. The molecule has 2 aromatic rings. The lowest BCUT2D eigenvalue weighted by Crippen LogP contribution is -2.20. The number of aromatic nitrogens is 1. The molecular weight excluding hydrogens is 390 g/mol. The van der Waals surface area contributed by atoms with E-state index < -0.39 is 11.9 Å². The van der Waals surface area contributed by atoms with Gasteiger partial charge in [-0.05, 0) is 24.5 Å². The largest absolute Gasteiger partial charge is 0.481 e. The highest BCUT2D eigenvalue weighted by Crippen LogP contribution is 2.27. The molecule has 0 unspecified atom stereocenters. The van der Waals surface area contributed by atoms with Crippen molar-refractivity contribution < 1.29 is 14.7 Å². The molecule has 0 amide bonds. The van der Waals surface area contributed by atoms with E-state index in [0.717, 1.165) is 15.0 Å². The van der Waals surface area contributed by atoms with Crippen molar-refractivity contribution in [2.75, 3.05) is 0 Å². The Morgan fingerprint density at radius 2 is 2.08 bits per heavy atom. The average Bonchev–Trinajstić information content (AvgIpc) is 2.94. The van der Waals surface area contributed by atoms with Gasteiger partial charge >= 0.3 is 5.97 Å². The van der Waals surface area contributed by atoms with E-state index in [1.807, 2.05) is 43.5 Å². The minimum atomic E-state index is -0.898. The molecule has 0 aliphatic heterocycles. The minimum absolute atomic E-state index is 0.0667. The molecule has 1 atom stereocenters. The summed E-state index contributed by atoms with van der Waals surface area (Å²) in [6.07, 6.45) is 0.769. The number of thiazole rings is 1. The van der Waals surface area contributed by atoms with Crippen LogP contribution in [0.25, 0.3) is 10.6 Å². The second-order valence-corrected chi connectivity index (χ2v) is 8.01. The van der Waals surface area contributed by atoms with Crippen LogP contribution in [-0.2, 0) is 16.0 Å². The summed E-state index contributed by atoms with van der Waals surface area (Å²) in [4.78, 5) is 28.0. The zero-order valence-corrected chi connectivity index (χ0v) is 16.1. The SMILES string of the molecule is CC(C)C[C@@H](CC(=O)Cc1csc(-c2cccc(Br)c2)n1)C(=O)O. The number of rotatable bonds is 8. The Hall–Kier alpha value is -1.53. The third-order valence-corrected chi connectivity index (χ3v) is 5.01. The number of carbonyl (C=O) groups excluding carboxylic acids is 1. The van der Waals surface area contributed by atoms with Gasteiger partial charge < -0.3 is 5.11 Å². The van der Waals surface area contributed by atoms with Crippen LogP contribution in [-0.4, -0.2) is 21.8 Å². The Labute approximate surface area is 154 Å². The number of benzene rings is 1. The molecule has 0 aliphatic carbocycles. The van der Waals surface area contributed by atoms with Crippen molar-refractivity contribution in [2.24, 2.45) is 11.8 Å². The van der Waals surface area contributed by atoms with E-state index in [2.05, 4.69) is 20.9 Å². The molecule has 2 rings (SSSR count). The zero-order chi connectivity index (χ0) is 17.7. The van der Waals surface area contributed by atoms with E-state index >= 15 is 0 Å². The number of carbonyl (C=O) groups is 2. The second kappa shape index (κ2) is 8.53. The number of hydrogen-bond donors (Lipinski definition) is 1. The molecule has 0 spiro atoms. The van der Waals surface area contributed by atoms with Crippen molar-refractivity contribution in [1.82, 2.24) is 4.98 Å². The van der Waals surface area contributed by atoms with E-state index in [9.17, 15) is 14.7 Å². The Kier molecular flexibility index (Phi) is 6.69. The first kappa shape index (κ1) is 18.8. The van der Waals surface area contributed by atoms with Gasteiger partial charge in [0.05, 0.1) is 11.6 Å². The van der Waals surface area contributed by atoms with Crippen molar-refractivity contribution in [2.45, 2.75) is 33.1 Å². The summed E-state index contributed by atoms with van der Waals surface area (Å²) in [5.41, 5.74) is 1.70. The van der Waals surface area contributed by atoms with Gasteiger partial charge in [0.1, 0.15) is 10.8 Å². The summed E-state index contributed by atoms with van der Waals surface area (Å²) >= 11 is 4.92. The third-order valence-electron chi connectivity index (χ3n) is 3.58. The van der Waals surface area contributed by atoms with Crippen LogP contribution >= 0.6 is 27.3 Å². The maximum absolute atomic E-state index is 12.2. The molecule has 24 heavy (non-hydrogen) atoms. The van der Waals surface area contributed by atoms with E-state index in [1.165, 1.54) is 11.3 Å². The van der Waals surface area contributed by atoms with Crippen LogP contribution in [0.5, 0.6) is 0 Å². The van der Waals surface area contributed by atoms with Gasteiger partial charge in [-0.2, -0.15) is 0 Å². The van der Waals surface area contributed by atoms with Crippen molar-refractivity contribution in [3.05, 3.63) is 39.8 Å². The van der Waals surface area contributed by atoms with Gasteiger partial charge in [-0.1, -0.05) is 41.9 Å². The molecule has 128 valence electrons. The van der Waals surface area contributed by atoms with Crippen LogP contribution in [0.3, 0.4) is 0 Å². The van der Waals surface area contributed by atoms with Crippen LogP contribution in [0.2, 0.25) is 0 Å². The predicted octanol–water partition coefficient (Wildman–Crippen LogP) is 4.82. The van der Waals surface area contributed by atoms with E-state index in [4.69, 9.17) is 0 Å². The number of hydrogen-bond acceptors (Lipinski definition) is 4. The average molecular weight is 410 g/mol. The summed E-state index contributed by atoms with van der Waals surface area (Å²) in [5, 5.41) is 12.0. The van der Waals surface area contributed by atoms with Gasteiger partial charge in [-0.25, -0.2) is 4.98 Å². The fourth-order valence-electron chi connectivity index (χ4n) is 2.53. The highest BCUT2D eigenvalue weighted by atomic mass is 79.9. The van der Waals surface area contributed by atoms with Crippen LogP contribution in [0, 0.1) is 11.8 Å². The summed E-state index contributed by atoms with van der Waals surface area (Å²) < 4.78 is 0.978. The first-order chi connectivity index (χ1) is 11.3. The molecule has 0 fully saturated rings. The molecule has 0 saturated carbocycles. The van der Waals surface area contributed by atoms with Crippen LogP contribution in [0.4, 0.5) is 0 Å². The summed E-state index contributed by atoms with van der Waals surface area (Å²) in [7, 11) is 0. The maximum Gasteiger partial charge on any atom is 0.306 e. The second-order valence-electron chi connectivity index (χ2n) is 6.24. The quantitative estimate of drug-likeness (QED) is 0.678. The smallest absolute Gasteiger partial charge is 0.306 e. The predicted molar refractivity (Wildman–Crippen MR) is 99.2 cm³/mol. The van der Waals surface area contributed by atoms with E-state index in [0.29, 0.717) is 12.1 Å². The molecule has 0 aliphatic rings. The van der Waals surface area contributed by atoms with Gasteiger partial charge in [0.25, 0.3) is 0 Å². The lowest BCUT2D eigenvalue weighted by atomic mass is 9.91. The zero-order valence-electron chi connectivity index (χ0n) is 13.7. The van der Waals surface area contributed by atoms with Crippen molar-refractivity contribution >= 4 is 39.0 Å². The first-order valence-corrected chi connectivity index (χ1v) is 9.47. The van der Waals surface area contributed by atoms with Gasteiger partial charge in [0.15, 0.2) is 0 Å². The number of nitrogens with zero attached hydrogens (tertiary/aromatic N) is 1. The molecule has 0 radical (unpaired) electrons. The van der Waals surface area contributed by atoms with Crippen molar-refractivity contribution in [1.29, 1.82) is 0 Å². The van der Waals surface area contributed by atoms with Gasteiger partial charge in [-0.15, -0.1) is 11.3 Å². The molecule has 1 N–H and O–H groups in total. The number of carboxylic acid groups (broad SMARTS) is 1. The molecule has 1 aromatic carbocycles. The third kappa shape index (κ3) is 5.53. The normalized spacial score (nSPS) is 12.3. The van der Waals surface area contributed by atoms with Crippen LogP contribution in [0.1, 0.15) is 32.4 Å². The van der Waals surface area contributed by atoms with Crippen molar-refractivity contribution in [3.63, 3.8) is 0 Å². The van der Waals surface area contributed by atoms with E-state index in [-0.39, 0.29) is 24.5 Å². The molecular formula is C18H20BrNO3S. The first-order valence-electron chi connectivity index (χ1n) is 7.80. The monoisotopic (exact) mass is 409 g/mol. The highest BCUT2D eigenvalue weighted by molar-refractivity contribution is 9.10. The van der Waals surface area contributed by atoms with Gasteiger partial charge in [0, 0.05) is 28.3 Å². The molecule has 4 nitrogen and oxygen atoms in total. The molecule has 1 aromatic heterocycles. The number of Topliss-reactive ketones (excluding diaryl/α,β-unsaturated/α-hetero) is 1. The van der Waals surface area contributed by atoms with Crippen LogP contribution < -0.4 is 0 Å². The number of carboxylic acids is 1. The topological polar surface area (TPSA) is 67.3 Å². The minimum Gasteiger partial charge on any atom is -0.481 e. The Morgan fingerprint density at radius 1 is 1.33 bits per heavy atom. The fraction of sp³-hybridized carbons (Fsp3) is 0.389. The summed E-state index contributed by atoms with van der Waals surface area (Å²) in [5.74, 6) is -1.33. The standard InChI is InChI=1S/C18H20BrNO3S/c1-11(2)6-13(18(22)23)8-16(21)9-15-10-24-17(20-15)12-4-3-5-14(19)7-12/h3-5,7,10-11,13H,6,8-9H2,1-2H3,(H,22,23)/t13-/m0/s1. The van der Waals surface area contributed by atoms with Crippen LogP contribution in [0.15, 0.2) is 34.1 Å². The Balaban J connectivity index is 2.01. The van der Waals surface area contributed by atoms with Crippen molar-refractivity contribution in [3.8, 4) is 10.6 Å². The number of halogens is 1. The van der Waals surface area contributed by atoms with Gasteiger partial charge in [0.2, 0.25) is 0 Å².